The number of para-hydroxylation sites is 1. The van der Waals surface area contributed by atoms with Crippen LogP contribution in [0, 0.1) is 46.5 Å². The van der Waals surface area contributed by atoms with Gasteiger partial charge in [0.15, 0.2) is 11.6 Å². The zero-order chi connectivity index (χ0) is 36.5. The van der Waals surface area contributed by atoms with Crippen LogP contribution in [0.4, 0.5) is 18.9 Å². The Balaban J connectivity index is 1.20. The fourth-order valence-electron chi connectivity index (χ4n) is 12.3. The fourth-order valence-corrected chi connectivity index (χ4v) is 13.5. The number of nitrogens with one attached hydrogen (secondary N) is 1. The summed E-state index contributed by atoms with van der Waals surface area (Å²) >= 11 is 0. The number of ether oxygens (including phenoxy) is 4. The largest absolute Gasteiger partial charge is 0.454 e. The summed E-state index contributed by atoms with van der Waals surface area (Å²) in [5.74, 6) is -6.88. The number of piperidine rings is 1. The highest BCUT2D eigenvalue weighted by molar-refractivity contribution is 7.92. The normalized spacial score (nSPS) is 42.1. The van der Waals surface area contributed by atoms with Crippen LogP contribution >= 0.6 is 0 Å². The van der Waals surface area contributed by atoms with Crippen molar-refractivity contribution in [2.75, 3.05) is 39.1 Å². The molecule has 0 radical (unpaired) electrons. The highest BCUT2D eigenvalue weighted by Crippen LogP contribution is 2.79. The second-order valence-electron chi connectivity index (χ2n) is 15.3. The summed E-state index contributed by atoms with van der Waals surface area (Å²) in [5.41, 5.74) is -5.43. The number of carbonyl (C=O) groups excluding carboxylic acids is 1. The van der Waals surface area contributed by atoms with Crippen LogP contribution in [0.25, 0.3) is 0 Å². The van der Waals surface area contributed by atoms with Crippen molar-refractivity contribution in [3.8, 4) is 0 Å². The smallest absolute Gasteiger partial charge is 0.340 e. The minimum atomic E-state index is -4.82. The van der Waals surface area contributed by atoms with Crippen LogP contribution in [0.1, 0.15) is 49.4 Å². The monoisotopic (exact) mass is 736 g/mol. The van der Waals surface area contributed by atoms with Gasteiger partial charge in [0.2, 0.25) is 0 Å². The molecule has 8 rings (SSSR count). The molecule has 15 heteroatoms. The lowest BCUT2D eigenvalue weighted by molar-refractivity contribution is -0.337. The lowest BCUT2D eigenvalue weighted by atomic mass is 9.44. The number of hydrogen-bond acceptors (Lipinski definition) is 10. The molecule has 7 bridgehead atoms. The van der Waals surface area contributed by atoms with Crippen molar-refractivity contribution in [1.29, 1.82) is 0 Å². The number of rotatable bonds is 9. The number of hydrogen-bond donors (Lipinski definition) is 3. The average molecular weight is 737 g/mol. The highest BCUT2D eigenvalue weighted by atomic mass is 32.2. The first-order valence-electron chi connectivity index (χ1n) is 17.4. The zero-order valence-electron chi connectivity index (χ0n) is 28.8. The number of esters is 1. The molecular weight excluding hydrogens is 693 g/mol. The highest BCUT2D eigenvalue weighted by Gasteiger charge is 2.89. The summed E-state index contributed by atoms with van der Waals surface area (Å²) in [6.07, 6.45) is 0.756. The van der Waals surface area contributed by atoms with E-state index in [0.717, 1.165) is 0 Å². The van der Waals surface area contributed by atoms with E-state index in [4.69, 9.17) is 18.9 Å². The van der Waals surface area contributed by atoms with Crippen molar-refractivity contribution in [1.82, 2.24) is 4.90 Å². The van der Waals surface area contributed by atoms with Gasteiger partial charge in [0, 0.05) is 81.6 Å². The summed E-state index contributed by atoms with van der Waals surface area (Å²) < 4.78 is 95.7. The summed E-state index contributed by atoms with van der Waals surface area (Å²) in [7, 11) is 0.0136. The minimum absolute atomic E-state index is 0.140. The molecule has 3 N–H and O–H groups in total. The molecule has 1 heterocycles. The zero-order valence-corrected chi connectivity index (χ0v) is 29.6. The van der Waals surface area contributed by atoms with Gasteiger partial charge in [0.25, 0.3) is 10.0 Å². The van der Waals surface area contributed by atoms with Crippen LogP contribution in [-0.2, 0) is 29.0 Å². The number of methoxy groups -OCH3 is 3. The summed E-state index contributed by atoms with van der Waals surface area (Å²) in [6.45, 7) is 2.92. The number of likely N-dealkylation sites (N-methyl/N-ethyl adjacent to an activating group) is 1. The number of sulfonamides is 1. The maximum Gasteiger partial charge on any atom is 0.340 e. The molecule has 5 saturated carbocycles. The van der Waals surface area contributed by atoms with Crippen LogP contribution in [0.2, 0.25) is 0 Å². The third-order valence-electron chi connectivity index (χ3n) is 13.8. The average Bonchev–Trinajstić information content (AvgIpc) is 3.52. The minimum Gasteiger partial charge on any atom is -0.454 e. The molecule has 5 aliphatic carbocycles. The van der Waals surface area contributed by atoms with Crippen LogP contribution in [0.5, 0.6) is 0 Å². The van der Waals surface area contributed by atoms with E-state index in [0.29, 0.717) is 38.8 Å². The maximum absolute atomic E-state index is 14.6. The topological polar surface area (TPSA) is 144 Å². The van der Waals surface area contributed by atoms with Crippen molar-refractivity contribution in [3.05, 3.63) is 59.4 Å². The van der Waals surface area contributed by atoms with Gasteiger partial charge in [-0.2, -0.15) is 0 Å². The SMILES string of the molecule is CCN1C[C@]2(OC(=O)c3ccccc3NS(=O)(=O)c3cc(F)c(F)cc3F)CC[C@H](OC)[C@]34C1[C@H](C[C@H]23)[C@@]1(O)C[C@H](OC)[C@H]2C[C@@H]4[C@]1(O)[C@H]2OC. The lowest BCUT2D eigenvalue weighted by Crippen LogP contribution is -2.83. The van der Waals surface area contributed by atoms with Gasteiger partial charge in [-0.3, -0.25) is 9.62 Å². The second kappa shape index (κ2) is 11.6. The van der Waals surface area contributed by atoms with Crippen molar-refractivity contribution in [2.24, 2.45) is 29.1 Å². The van der Waals surface area contributed by atoms with Crippen LogP contribution in [0.3, 0.4) is 0 Å². The predicted octanol–water partition coefficient (Wildman–Crippen LogP) is 3.48. The van der Waals surface area contributed by atoms with Gasteiger partial charge < -0.3 is 29.2 Å². The maximum atomic E-state index is 14.6. The second-order valence-corrected chi connectivity index (χ2v) is 17.0. The number of nitrogens with zero attached hydrogens (tertiary/aromatic N) is 1. The first kappa shape index (κ1) is 35.3. The van der Waals surface area contributed by atoms with E-state index in [9.17, 15) is 36.6 Å². The predicted molar refractivity (Wildman–Crippen MR) is 175 cm³/mol. The standard InChI is InChI=1S/C36H43F3N2O9S/c1-5-41-17-33(50-32(42)18-8-6-7-9-24(18)40-51(45,46)26-15-22(38)21(37)14-23(26)39)11-10-29(48-3)35-27(33)13-20(30(35)41)34(43)16-25(47-2)19-12-28(35)36(34,44)31(19)49-4/h6-9,14-15,19-20,25,27-31,40,43-44H,5,10-13,16-17H2,1-4H3/t19-,20+,25+,27-,28+,29+,30?,31+,33-,34+,35+,36+/m1/s1. The van der Waals surface area contributed by atoms with Gasteiger partial charge in [0.1, 0.15) is 27.5 Å². The molecule has 0 amide bonds. The molecule has 1 aliphatic heterocycles. The van der Waals surface area contributed by atoms with Crippen LogP contribution < -0.4 is 4.72 Å². The molecule has 1 spiro atoms. The van der Waals surface area contributed by atoms with E-state index < -0.39 is 78.5 Å². The molecule has 278 valence electrons. The van der Waals surface area contributed by atoms with Crippen molar-refractivity contribution in [2.45, 2.75) is 85.1 Å². The Morgan fingerprint density at radius 3 is 2.41 bits per heavy atom. The number of fused-ring (bicyclic) bond motifs is 2. The Labute approximate surface area is 294 Å². The van der Waals surface area contributed by atoms with E-state index in [1.165, 1.54) is 24.3 Å². The molecule has 1 saturated heterocycles. The van der Waals surface area contributed by atoms with Gasteiger partial charge in [-0.1, -0.05) is 19.1 Å². The Kier molecular flexibility index (Phi) is 8.02. The van der Waals surface area contributed by atoms with Crippen molar-refractivity contribution >= 4 is 21.7 Å². The summed E-state index contributed by atoms with van der Waals surface area (Å²) in [4.78, 5) is 15.5. The molecule has 6 fully saturated rings. The summed E-state index contributed by atoms with van der Waals surface area (Å²) in [5, 5.41) is 25.8. The van der Waals surface area contributed by atoms with E-state index in [1.807, 2.05) is 6.92 Å². The molecule has 2 aromatic carbocycles. The molecule has 2 aromatic rings. The quantitative estimate of drug-likeness (QED) is 0.259. The fraction of sp³-hybridized carbons (Fsp3) is 0.639. The van der Waals surface area contributed by atoms with Gasteiger partial charge in [-0.15, -0.1) is 0 Å². The molecular formula is C36H43F3N2O9S. The van der Waals surface area contributed by atoms with Crippen LogP contribution in [0.15, 0.2) is 41.3 Å². The third kappa shape index (κ3) is 4.33. The molecule has 0 aromatic heterocycles. The van der Waals surface area contributed by atoms with E-state index in [-0.39, 0.29) is 59.9 Å². The number of likely N-dealkylation sites (tertiary alicyclic amines) is 1. The Bertz CT molecular complexity index is 1890. The molecule has 51 heavy (non-hydrogen) atoms. The van der Waals surface area contributed by atoms with Gasteiger partial charge in [-0.05, 0) is 44.4 Å². The lowest BCUT2D eigenvalue weighted by Gasteiger charge is -2.70. The van der Waals surface area contributed by atoms with Crippen molar-refractivity contribution in [3.63, 3.8) is 0 Å². The van der Waals surface area contributed by atoms with E-state index in [2.05, 4.69) is 9.62 Å². The number of aliphatic hydroxyl groups is 2. The third-order valence-corrected chi connectivity index (χ3v) is 15.2. The Hall–Kier alpha value is -2.79. The van der Waals surface area contributed by atoms with Crippen molar-refractivity contribution < 1.29 is 55.5 Å². The van der Waals surface area contributed by atoms with E-state index >= 15 is 0 Å². The first-order chi connectivity index (χ1) is 24.2. The molecule has 6 aliphatic rings. The van der Waals surface area contributed by atoms with Gasteiger partial charge >= 0.3 is 5.97 Å². The Morgan fingerprint density at radius 1 is 1.00 bits per heavy atom. The summed E-state index contributed by atoms with van der Waals surface area (Å²) in [6, 6.07) is 5.84. The molecule has 11 nitrogen and oxygen atoms in total. The number of halogens is 3. The van der Waals surface area contributed by atoms with Gasteiger partial charge in [-0.25, -0.2) is 26.4 Å². The number of benzene rings is 2. The number of carbonyl (C=O) groups is 1. The van der Waals surface area contributed by atoms with Gasteiger partial charge in [0.05, 0.1) is 29.6 Å². The Morgan fingerprint density at radius 2 is 1.73 bits per heavy atom. The molecule has 1 unspecified atom stereocenters. The first-order valence-corrected chi connectivity index (χ1v) is 18.9. The van der Waals surface area contributed by atoms with Crippen LogP contribution in [-0.4, -0.2) is 105 Å². The number of anilines is 1. The molecule has 12 atom stereocenters. The van der Waals surface area contributed by atoms with E-state index in [1.54, 1.807) is 21.3 Å².